The molecule has 0 saturated carbocycles. The molecule has 7 aromatic carbocycles. The van der Waals surface area contributed by atoms with Gasteiger partial charge < -0.3 is 9.13 Å². The Morgan fingerprint density at radius 2 is 0.917 bits per heavy atom. The van der Waals surface area contributed by atoms with Crippen LogP contribution >= 0.6 is 0 Å². The summed E-state index contributed by atoms with van der Waals surface area (Å²) in [5, 5.41) is 4.46. The van der Waals surface area contributed by atoms with Gasteiger partial charge in [0.15, 0.2) is 5.69 Å². The Kier molecular flexibility index (Phi) is 6.22. The van der Waals surface area contributed by atoms with Crippen LogP contribution in [-0.2, 0) is 0 Å². The number of hydrogen-bond acceptors (Lipinski definition) is 0. The molecule has 0 aliphatic carbocycles. The van der Waals surface area contributed by atoms with Gasteiger partial charge in [0.1, 0.15) is 0 Å². The van der Waals surface area contributed by atoms with Crippen LogP contribution in [0.2, 0.25) is 0 Å². The summed E-state index contributed by atoms with van der Waals surface area (Å²) >= 11 is 0. The molecule has 4 nitrogen and oxygen atoms in total. The predicted octanol–water partition coefficient (Wildman–Crippen LogP) is 12.3. The van der Waals surface area contributed by atoms with Crippen LogP contribution in [0.3, 0.4) is 0 Å². The molecule has 0 radical (unpaired) electrons. The van der Waals surface area contributed by atoms with E-state index in [0.29, 0.717) is 11.4 Å². The van der Waals surface area contributed by atoms with Gasteiger partial charge in [-0.1, -0.05) is 109 Å². The lowest BCUT2D eigenvalue weighted by atomic mass is 9.92. The molecule has 0 unspecified atom stereocenters. The Morgan fingerprint density at radius 1 is 0.375 bits per heavy atom. The number of rotatable bonds is 4. The molecule has 0 saturated heterocycles. The fraction of sp³-hybridized carbons (Fsp3) is 0. The summed E-state index contributed by atoms with van der Waals surface area (Å²) in [6, 6.07) is 54.4. The summed E-state index contributed by atoms with van der Waals surface area (Å²) in [6.07, 6.45) is 0. The van der Waals surface area contributed by atoms with Gasteiger partial charge in [-0.05, 0) is 70.6 Å². The summed E-state index contributed by atoms with van der Waals surface area (Å²) in [5.41, 5.74) is 11.4. The molecule has 0 bridgehead atoms. The topological polar surface area (TPSA) is 18.6 Å². The average molecular weight is 611 g/mol. The molecule has 2 heterocycles. The summed E-state index contributed by atoms with van der Waals surface area (Å²) in [5.74, 6) is 0. The van der Waals surface area contributed by atoms with E-state index in [1.165, 1.54) is 10.8 Å². The van der Waals surface area contributed by atoms with Gasteiger partial charge >= 0.3 is 0 Å². The van der Waals surface area contributed by atoms with E-state index in [1.54, 1.807) is 0 Å². The minimum Gasteiger partial charge on any atom is -0.319 e. The Morgan fingerprint density at radius 3 is 1.56 bits per heavy atom. The first-order chi connectivity index (χ1) is 23.7. The molecule has 9 aromatic rings. The van der Waals surface area contributed by atoms with Crippen LogP contribution < -0.4 is 0 Å². The van der Waals surface area contributed by atoms with Gasteiger partial charge in [-0.15, -0.1) is 0 Å². The second-order valence-corrected chi connectivity index (χ2v) is 11.9. The number of aromatic nitrogens is 2. The highest BCUT2D eigenvalue weighted by Crippen LogP contribution is 2.45. The number of hydrogen-bond donors (Lipinski definition) is 0. The van der Waals surface area contributed by atoms with Crippen LogP contribution in [0.15, 0.2) is 158 Å². The van der Waals surface area contributed by atoms with Crippen molar-refractivity contribution < 1.29 is 0 Å². The molecule has 0 aliphatic rings. The first-order valence-electron chi connectivity index (χ1n) is 15.8. The van der Waals surface area contributed by atoms with Crippen LogP contribution in [0.25, 0.3) is 86.9 Å². The van der Waals surface area contributed by atoms with Crippen molar-refractivity contribution in [2.75, 3.05) is 0 Å². The van der Waals surface area contributed by atoms with Gasteiger partial charge in [0.05, 0.1) is 46.6 Å². The maximum atomic E-state index is 8.41. The molecule has 2 aromatic heterocycles. The lowest BCUT2D eigenvalue weighted by molar-refractivity contribution is 1.17. The quantitative estimate of drug-likeness (QED) is 0.177. The highest BCUT2D eigenvalue weighted by atomic mass is 15.0. The zero-order chi connectivity index (χ0) is 32.2. The average Bonchev–Trinajstić information content (AvgIpc) is 3.67. The van der Waals surface area contributed by atoms with Gasteiger partial charge in [0.25, 0.3) is 0 Å². The van der Waals surface area contributed by atoms with Gasteiger partial charge in [-0.2, -0.15) is 0 Å². The summed E-state index contributed by atoms with van der Waals surface area (Å²) in [4.78, 5) is 7.83. The smallest absolute Gasteiger partial charge is 0.211 e. The highest BCUT2D eigenvalue weighted by Gasteiger charge is 2.22. The van der Waals surface area contributed by atoms with E-state index >= 15 is 0 Å². The second kappa shape index (κ2) is 10.9. The van der Waals surface area contributed by atoms with Crippen LogP contribution in [-0.4, -0.2) is 9.13 Å². The predicted molar refractivity (Wildman–Crippen MR) is 199 cm³/mol. The fourth-order valence-corrected chi connectivity index (χ4v) is 7.29. The van der Waals surface area contributed by atoms with Gasteiger partial charge in [0, 0.05) is 21.7 Å². The van der Waals surface area contributed by atoms with Crippen LogP contribution in [0.1, 0.15) is 0 Å². The van der Waals surface area contributed by atoms with E-state index in [0.717, 1.165) is 66.5 Å². The standard InChI is InChI=1S/C44H26N4/c1-45-30-24-25-43-37(26-30)34-19-9-13-23-42(34)48(43)44-28-36(35(27-38(44)46-2)29-14-4-3-5-15-29)33-18-8-12-22-41(33)47-39-20-10-6-16-31(39)32-17-7-11-21-40(32)47/h3-28H. The monoisotopic (exact) mass is 610 g/mol. The van der Waals surface area contributed by atoms with E-state index in [2.05, 4.69) is 122 Å². The molecule has 0 amide bonds. The molecule has 0 atom stereocenters. The normalized spacial score (nSPS) is 11.3. The second-order valence-electron chi connectivity index (χ2n) is 11.9. The molecule has 9 rings (SSSR count). The summed E-state index contributed by atoms with van der Waals surface area (Å²) in [7, 11) is 0. The maximum absolute atomic E-state index is 8.41. The van der Waals surface area contributed by atoms with E-state index < -0.39 is 0 Å². The first kappa shape index (κ1) is 27.4. The molecule has 222 valence electrons. The third-order valence-corrected chi connectivity index (χ3v) is 9.36. The molecule has 48 heavy (non-hydrogen) atoms. The Labute approximate surface area is 277 Å². The van der Waals surface area contributed by atoms with Crippen molar-refractivity contribution >= 4 is 55.0 Å². The van der Waals surface area contributed by atoms with E-state index in [4.69, 9.17) is 13.1 Å². The number of benzene rings is 7. The largest absolute Gasteiger partial charge is 0.319 e. The summed E-state index contributed by atoms with van der Waals surface area (Å²) < 4.78 is 4.55. The highest BCUT2D eigenvalue weighted by molar-refractivity contribution is 6.12. The lowest BCUT2D eigenvalue weighted by Crippen LogP contribution is -2.00. The van der Waals surface area contributed by atoms with Gasteiger partial charge in [-0.3, -0.25) is 0 Å². The lowest BCUT2D eigenvalue weighted by Gasteiger charge is -2.20. The third kappa shape index (κ3) is 4.07. The van der Waals surface area contributed by atoms with Crippen molar-refractivity contribution in [1.29, 1.82) is 0 Å². The number of para-hydroxylation sites is 4. The van der Waals surface area contributed by atoms with Crippen molar-refractivity contribution in [1.82, 2.24) is 9.13 Å². The maximum Gasteiger partial charge on any atom is 0.211 e. The van der Waals surface area contributed by atoms with E-state index in [1.807, 2.05) is 54.6 Å². The van der Waals surface area contributed by atoms with Crippen molar-refractivity contribution in [3.8, 4) is 33.6 Å². The zero-order valence-electron chi connectivity index (χ0n) is 25.8. The molecule has 0 N–H and O–H groups in total. The fourth-order valence-electron chi connectivity index (χ4n) is 7.29. The molecule has 0 fully saturated rings. The van der Waals surface area contributed by atoms with Crippen LogP contribution in [0.4, 0.5) is 11.4 Å². The van der Waals surface area contributed by atoms with Gasteiger partial charge in [-0.25, -0.2) is 9.69 Å². The third-order valence-electron chi connectivity index (χ3n) is 9.36. The van der Waals surface area contributed by atoms with Crippen molar-refractivity contribution in [2.45, 2.75) is 0 Å². The van der Waals surface area contributed by atoms with Crippen molar-refractivity contribution in [2.24, 2.45) is 0 Å². The Balaban J connectivity index is 1.41. The van der Waals surface area contributed by atoms with E-state index in [9.17, 15) is 0 Å². The van der Waals surface area contributed by atoms with E-state index in [-0.39, 0.29) is 0 Å². The molecule has 0 aliphatic heterocycles. The molecular formula is C44H26N4. The Hall–Kier alpha value is -6.88. The number of fused-ring (bicyclic) bond motifs is 6. The zero-order valence-corrected chi connectivity index (χ0v) is 25.8. The SMILES string of the molecule is [C-]#[N+]c1ccc2c(c1)c1ccccc1n2-c1cc(-c2ccccc2-n2c3ccccc3c3ccccc32)c(-c2ccccc2)cc1[N+]#[C-]. The molecule has 4 heteroatoms. The minimum absolute atomic E-state index is 0.559. The molecular weight excluding hydrogens is 585 g/mol. The minimum atomic E-state index is 0.559. The molecule has 0 spiro atoms. The van der Waals surface area contributed by atoms with Crippen molar-refractivity contribution in [3.05, 3.63) is 181 Å². The summed E-state index contributed by atoms with van der Waals surface area (Å²) in [6.45, 7) is 16.1. The van der Waals surface area contributed by atoms with Crippen LogP contribution in [0.5, 0.6) is 0 Å². The number of nitrogens with zero attached hydrogens (tertiary/aromatic N) is 4. The first-order valence-corrected chi connectivity index (χ1v) is 15.8. The van der Waals surface area contributed by atoms with Crippen LogP contribution in [0, 0.1) is 13.1 Å². The Bertz CT molecular complexity index is 2750. The van der Waals surface area contributed by atoms with Gasteiger partial charge in [0.2, 0.25) is 5.69 Å². The van der Waals surface area contributed by atoms with Crippen molar-refractivity contribution in [3.63, 3.8) is 0 Å².